The second-order valence-electron chi connectivity index (χ2n) is 8.35. The number of unbranched alkanes of at least 4 members (excludes halogenated alkanes) is 6. The summed E-state index contributed by atoms with van der Waals surface area (Å²) >= 11 is 1.51. The fourth-order valence-corrected chi connectivity index (χ4v) is 4.53. The van der Waals surface area contributed by atoms with Crippen molar-refractivity contribution < 1.29 is 14.3 Å². The number of nitrogens with zero attached hydrogens (tertiary/aromatic N) is 2. The predicted octanol–water partition coefficient (Wildman–Crippen LogP) is 7.44. The molecule has 0 fully saturated rings. The first-order valence-electron chi connectivity index (χ1n) is 12.1. The summed E-state index contributed by atoms with van der Waals surface area (Å²) in [6.45, 7) is 9.65. The number of aromatic nitrogens is 1. The average molecular weight is 473 g/mol. The van der Waals surface area contributed by atoms with Crippen molar-refractivity contribution in [1.29, 1.82) is 0 Å². The summed E-state index contributed by atoms with van der Waals surface area (Å²) in [4.78, 5) is 9.22. The molecule has 0 aliphatic rings. The van der Waals surface area contributed by atoms with Gasteiger partial charge in [0.05, 0.1) is 6.61 Å². The smallest absolute Gasteiger partial charge is 0.273 e. The van der Waals surface area contributed by atoms with Gasteiger partial charge in [-0.15, -0.1) is 0 Å². The highest BCUT2D eigenvalue weighted by Gasteiger charge is 2.07. The van der Waals surface area contributed by atoms with Crippen LogP contribution in [0.5, 0.6) is 10.9 Å². The fraction of sp³-hybridized carbons (Fsp3) is 0.556. The minimum atomic E-state index is 0.636. The van der Waals surface area contributed by atoms with E-state index in [9.17, 15) is 0 Å². The Labute approximate surface area is 203 Å². The van der Waals surface area contributed by atoms with Crippen LogP contribution in [0.15, 0.2) is 34.8 Å². The molecular weight excluding hydrogens is 432 g/mol. The molecule has 0 unspecified atom stereocenters. The number of ether oxygens (including phenoxy) is 2. The molecule has 0 saturated carbocycles. The van der Waals surface area contributed by atoms with Crippen molar-refractivity contribution in [3.8, 4) is 10.9 Å². The van der Waals surface area contributed by atoms with Gasteiger partial charge in [-0.05, 0) is 75.8 Å². The third-order valence-electron chi connectivity index (χ3n) is 5.63. The molecule has 0 saturated heterocycles. The van der Waals surface area contributed by atoms with Crippen molar-refractivity contribution in [3.05, 3.63) is 52.0 Å². The lowest BCUT2D eigenvalue weighted by Gasteiger charge is -2.13. The highest BCUT2D eigenvalue weighted by atomic mass is 32.1. The third-order valence-corrected chi connectivity index (χ3v) is 6.38. The van der Waals surface area contributed by atoms with Crippen LogP contribution in [-0.4, -0.2) is 31.0 Å². The van der Waals surface area contributed by atoms with Gasteiger partial charge >= 0.3 is 0 Å². The van der Waals surface area contributed by atoms with Gasteiger partial charge in [-0.2, -0.15) is 0 Å². The zero-order chi connectivity index (χ0) is 23.9. The van der Waals surface area contributed by atoms with Crippen LogP contribution in [0, 0.1) is 13.8 Å². The van der Waals surface area contributed by atoms with E-state index in [0.717, 1.165) is 36.6 Å². The SMILES string of the molecule is C/C=C/COc1cc(C)c(CCCCCCCCCOc2nc(/C(C)=N/OC)cs2)c(C)c1. The number of aryl methyl sites for hydroxylation is 2. The molecule has 2 rings (SSSR count). The number of hydrogen-bond donors (Lipinski definition) is 0. The minimum Gasteiger partial charge on any atom is -0.490 e. The van der Waals surface area contributed by atoms with Gasteiger partial charge in [0.25, 0.3) is 5.19 Å². The molecule has 6 heteroatoms. The predicted molar refractivity (Wildman–Crippen MR) is 139 cm³/mol. The Hall–Kier alpha value is -2.34. The van der Waals surface area contributed by atoms with E-state index < -0.39 is 0 Å². The first-order chi connectivity index (χ1) is 16.0. The zero-order valence-electron chi connectivity index (χ0n) is 21.0. The largest absolute Gasteiger partial charge is 0.490 e. The van der Waals surface area contributed by atoms with Crippen LogP contribution in [-0.2, 0) is 11.3 Å². The molecule has 0 spiro atoms. The van der Waals surface area contributed by atoms with E-state index in [2.05, 4.69) is 36.1 Å². The van der Waals surface area contributed by atoms with Crippen LogP contribution in [0.3, 0.4) is 0 Å². The molecule has 2 aromatic rings. The standard InChI is InChI=1S/C27H40N2O3S/c1-6-7-16-31-24-18-21(2)25(22(3)19-24)15-13-11-9-8-10-12-14-17-32-27-28-26(20-33-27)23(4)29-30-5/h6-7,18-20H,8-17H2,1-5H3/b7-6+,29-23+. The summed E-state index contributed by atoms with van der Waals surface area (Å²) in [6.07, 6.45) is 13.9. The van der Waals surface area contributed by atoms with Gasteiger partial charge in [0.15, 0.2) is 0 Å². The monoisotopic (exact) mass is 472 g/mol. The maximum atomic E-state index is 5.80. The summed E-state index contributed by atoms with van der Waals surface area (Å²) in [6, 6.07) is 4.35. The van der Waals surface area contributed by atoms with Crippen molar-refractivity contribution >= 4 is 17.0 Å². The molecule has 0 aliphatic carbocycles. The maximum absolute atomic E-state index is 5.80. The number of benzene rings is 1. The van der Waals surface area contributed by atoms with E-state index in [1.165, 1.54) is 73.7 Å². The van der Waals surface area contributed by atoms with E-state index in [1.807, 2.05) is 31.4 Å². The van der Waals surface area contributed by atoms with Gasteiger partial charge in [-0.1, -0.05) is 60.7 Å². The maximum Gasteiger partial charge on any atom is 0.273 e. The van der Waals surface area contributed by atoms with Crippen LogP contribution < -0.4 is 9.47 Å². The molecule has 182 valence electrons. The summed E-state index contributed by atoms with van der Waals surface area (Å²) in [5, 5.41) is 6.55. The Balaban J connectivity index is 1.54. The Morgan fingerprint density at radius 1 is 1.00 bits per heavy atom. The van der Waals surface area contributed by atoms with Gasteiger partial charge in [0.2, 0.25) is 0 Å². The molecule has 0 aliphatic heterocycles. The van der Waals surface area contributed by atoms with Crippen molar-refractivity contribution in [3.63, 3.8) is 0 Å². The zero-order valence-corrected chi connectivity index (χ0v) is 21.8. The normalized spacial score (nSPS) is 11.8. The quantitative estimate of drug-likeness (QED) is 0.110. The van der Waals surface area contributed by atoms with Gasteiger partial charge in [-0.25, -0.2) is 4.98 Å². The lowest BCUT2D eigenvalue weighted by Crippen LogP contribution is -1.99. The molecular formula is C27H40N2O3S. The molecule has 1 aromatic heterocycles. The van der Waals surface area contributed by atoms with Crippen molar-refractivity contribution in [2.75, 3.05) is 20.3 Å². The fourth-order valence-electron chi connectivity index (χ4n) is 3.79. The van der Waals surface area contributed by atoms with Crippen LogP contribution in [0.1, 0.15) is 81.2 Å². The van der Waals surface area contributed by atoms with E-state index >= 15 is 0 Å². The van der Waals surface area contributed by atoms with Crippen LogP contribution >= 0.6 is 11.3 Å². The highest BCUT2D eigenvalue weighted by molar-refractivity contribution is 7.11. The van der Waals surface area contributed by atoms with E-state index in [0.29, 0.717) is 11.8 Å². The Bertz CT molecular complexity index is 866. The van der Waals surface area contributed by atoms with Crippen LogP contribution in [0.4, 0.5) is 0 Å². The molecule has 0 atom stereocenters. The van der Waals surface area contributed by atoms with Crippen molar-refractivity contribution in [2.45, 2.75) is 79.1 Å². The molecule has 0 bridgehead atoms. The van der Waals surface area contributed by atoms with Crippen molar-refractivity contribution in [2.24, 2.45) is 5.16 Å². The van der Waals surface area contributed by atoms with Crippen molar-refractivity contribution in [1.82, 2.24) is 4.98 Å². The van der Waals surface area contributed by atoms with Gasteiger partial charge in [0.1, 0.15) is 30.9 Å². The molecule has 1 aromatic carbocycles. The Morgan fingerprint density at radius 2 is 1.67 bits per heavy atom. The number of rotatable bonds is 16. The summed E-state index contributed by atoms with van der Waals surface area (Å²) in [5.41, 5.74) is 5.76. The minimum absolute atomic E-state index is 0.636. The summed E-state index contributed by atoms with van der Waals surface area (Å²) in [7, 11) is 1.54. The topological polar surface area (TPSA) is 52.9 Å². The number of thiazole rings is 1. The molecule has 5 nitrogen and oxygen atoms in total. The molecule has 0 amide bonds. The van der Waals surface area contributed by atoms with E-state index in [-0.39, 0.29) is 0 Å². The average Bonchev–Trinajstić information content (AvgIpc) is 3.26. The van der Waals surface area contributed by atoms with E-state index in [1.54, 1.807) is 0 Å². The third kappa shape index (κ3) is 9.99. The molecule has 0 N–H and O–H groups in total. The van der Waals surface area contributed by atoms with Crippen LogP contribution in [0.25, 0.3) is 0 Å². The van der Waals surface area contributed by atoms with Crippen LogP contribution in [0.2, 0.25) is 0 Å². The first-order valence-corrected chi connectivity index (χ1v) is 12.9. The van der Waals surface area contributed by atoms with Gasteiger partial charge < -0.3 is 14.3 Å². The lowest BCUT2D eigenvalue weighted by molar-refractivity contribution is 0.213. The first kappa shape index (κ1) is 26.9. The van der Waals surface area contributed by atoms with Gasteiger partial charge in [-0.3, -0.25) is 0 Å². The highest BCUT2D eigenvalue weighted by Crippen LogP contribution is 2.24. The molecule has 0 radical (unpaired) electrons. The number of oxime groups is 1. The molecule has 33 heavy (non-hydrogen) atoms. The number of allylic oxidation sites excluding steroid dienone is 1. The summed E-state index contributed by atoms with van der Waals surface area (Å²) in [5.74, 6) is 0.973. The molecule has 1 heterocycles. The Kier molecular flexibility index (Phi) is 12.6. The Morgan fingerprint density at radius 3 is 2.33 bits per heavy atom. The summed E-state index contributed by atoms with van der Waals surface area (Å²) < 4.78 is 11.6. The van der Waals surface area contributed by atoms with E-state index in [4.69, 9.17) is 14.3 Å². The second kappa shape index (κ2) is 15.5. The lowest BCUT2D eigenvalue weighted by atomic mass is 9.96. The number of hydrogen-bond acceptors (Lipinski definition) is 6. The van der Waals surface area contributed by atoms with Gasteiger partial charge in [0, 0.05) is 5.38 Å². The second-order valence-corrected chi connectivity index (χ2v) is 9.17.